The van der Waals surface area contributed by atoms with Crippen molar-refractivity contribution in [2.45, 2.75) is 118 Å². The Bertz CT molecular complexity index is 641. The zero-order valence-corrected chi connectivity index (χ0v) is 28.0. The van der Waals surface area contributed by atoms with Gasteiger partial charge in [-0.25, -0.2) is 8.42 Å². The lowest BCUT2D eigenvalue weighted by atomic mass is 9.91. The molecule has 1 aliphatic carbocycles. The van der Waals surface area contributed by atoms with Gasteiger partial charge in [0.05, 0.1) is 11.5 Å². The molecule has 7 heteroatoms. The van der Waals surface area contributed by atoms with Gasteiger partial charge >= 0.3 is 0 Å². The van der Waals surface area contributed by atoms with E-state index in [1.807, 2.05) is 6.92 Å². The van der Waals surface area contributed by atoms with Crippen LogP contribution in [-0.4, -0.2) is 60.4 Å². The molecule has 5 fully saturated rings. The summed E-state index contributed by atoms with van der Waals surface area (Å²) in [5, 5.41) is 0. The summed E-state index contributed by atoms with van der Waals surface area (Å²) in [6.45, 7) is 13.1. The highest BCUT2D eigenvalue weighted by Gasteiger charge is 2.20. The summed E-state index contributed by atoms with van der Waals surface area (Å²) in [5.74, 6) is 9.48. The molecule has 4 aliphatic heterocycles. The molecule has 0 bridgehead atoms. The van der Waals surface area contributed by atoms with E-state index in [1.54, 1.807) is 0 Å². The third-order valence-electron chi connectivity index (χ3n) is 7.90. The van der Waals surface area contributed by atoms with Crippen LogP contribution in [0.1, 0.15) is 118 Å². The lowest BCUT2D eigenvalue weighted by Gasteiger charge is -2.16. The zero-order chi connectivity index (χ0) is 28.2. The molecule has 0 aromatic heterocycles. The lowest BCUT2D eigenvalue weighted by Crippen LogP contribution is -2.22. The van der Waals surface area contributed by atoms with Gasteiger partial charge in [-0.15, -0.1) is 0 Å². The molecule has 1 saturated carbocycles. The van der Waals surface area contributed by atoms with Gasteiger partial charge < -0.3 is 4.74 Å². The van der Waals surface area contributed by atoms with Crippen LogP contribution in [0.15, 0.2) is 0 Å². The van der Waals surface area contributed by atoms with Crippen molar-refractivity contribution in [1.82, 2.24) is 0 Å². The van der Waals surface area contributed by atoms with Gasteiger partial charge in [0, 0.05) is 35.5 Å². The molecule has 0 radical (unpaired) electrons. The minimum absolute atomic E-state index is 0.392. The van der Waals surface area contributed by atoms with Crippen molar-refractivity contribution in [2.75, 3.05) is 47.7 Å². The molecule has 4 heterocycles. The Kier molecular flexibility index (Phi) is 21.2. The zero-order valence-electron chi connectivity index (χ0n) is 25.6. The number of hydrogen-bond donors (Lipinski definition) is 0. The highest BCUT2D eigenvalue weighted by molar-refractivity contribution is 7.99. The molecule has 38 heavy (non-hydrogen) atoms. The number of hydrogen-bond acceptors (Lipinski definition) is 5. The summed E-state index contributed by atoms with van der Waals surface area (Å²) in [7, 11) is -3.10. The average Bonchev–Trinajstić information content (AvgIpc) is 2.86. The first-order valence-electron chi connectivity index (χ1n) is 15.8. The molecule has 0 spiro atoms. The predicted octanol–water partition coefficient (Wildman–Crippen LogP) is 8.17. The molecule has 0 aromatic carbocycles. The summed E-state index contributed by atoms with van der Waals surface area (Å²) in [4.78, 5) is 0. The Balaban J connectivity index is 0.000000238. The molecule has 5 unspecified atom stereocenters. The Morgan fingerprint density at radius 3 is 1.63 bits per heavy atom. The molecule has 4 nitrogen and oxygen atoms in total. The molecule has 228 valence electrons. The second kappa shape index (κ2) is 22.1. The van der Waals surface area contributed by atoms with E-state index in [4.69, 9.17) is 4.74 Å². The number of rotatable bonds is 0. The first-order chi connectivity index (χ1) is 18.1. The molecular formula is C31H62O4S3. The predicted molar refractivity (Wildman–Crippen MR) is 171 cm³/mol. The van der Waals surface area contributed by atoms with Crippen LogP contribution in [0.2, 0.25) is 0 Å². The largest absolute Gasteiger partial charge is 0.381 e. The van der Waals surface area contributed by atoms with Gasteiger partial charge in [0.25, 0.3) is 0 Å². The lowest BCUT2D eigenvalue weighted by molar-refractivity contribution is 0.0616. The van der Waals surface area contributed by atoms with Crippen LogP contribution in [0.4, 0.5) is 0 Å². The van der Waals surface area contributed by atoms with Crippen LogP contribution in [0, 0.1) is 29.6 Å². The van der Waals surface area contributed by atoms with E-state index in [2.05, 4.69) is 39.5 Å². The van der Waals surface area contributed by atoms with Crippen molar-refractivity contribution in [1.29, 1.82) is 0 Å². The summed E-state index contributed by atoms with van der Waals surface area (Å²) >= 11 is 2.10. The monoisotopic (exact) mass is 594 g/mol. The van der Waals surface area contributed by atoms with Crippen LogP contribution < -0.4 is 0 Å². The number of sulfone groups is 1. The Hall–Kier alpha value is 0.410. The number of thioether (sulfide) groups is 1. The third kappa shape index (κ3) is 21.2. The first kappa shape index (κ1) is 36.4. The van der Waals surface area contributed by atoms with Gasteiger partial charge in [-0.3, -0.25) is 4.21 Å². The van der Waals surface area contributed by atoms with E-state index in [-0.39, 0.29) is 0 Å². The summed E-state index contributed by atoms with van der Waals surface area (Å²) in [6, 6.07) is 0. The SMILES string of the molecule is CC1CCCCC1.CC1CCCOC1.CC1CCCS(=O)(=O)C1.CC1CCCS(=O)C1.CC1CCCSC1. The van der Waals surface area contributed by atoms with Crippen LogP contribution >= 0.6 is 11.8 Å². The maximum absolute atomic E-state index is 10.9. The van der Waals surface area contributed by atoms with Gasteiger partial charge in [0.1, 0.15) is 0 Å². The summed E-state index contributed by atoms with van der Waals surface area (Å²) in [5.41, 5.74) is 0. The van der Waals surface area contributed by atoms with Crippen molar-refractivity contribution in [3.8, 4) is 0 Å². The molecule has 5 rings (SSSR count). The van der Waals surface area contributed by atoms with Crippen molar-refractivity contribution in [3.05, 3.63) is 0 Å². The second-order valence-corrected chi connectivity index (χ2v) is 17.8. The molecule has 0 aromatic rings. The highest BCUT2D eigenvalue weighted by Crippen LogP contribution is 2.22. The van der Waals surface area contributed by atoms with Gasteiger partial charge in [-0.2, -0.15) is 11.8 Å². The Morgan fingerprint density at radius 1 is 0.684 bits per heavy atom. The van der Waals surface area contributed by atoms with Crippen molar-refractivity contribution >= 4 is 32.4 Å². The van der Waals surface area contributed by atoms with Crippen molar-refractivity contribution in [2.24, 2.45) is 29.6 Å². The minimum Gasteiger partial charge on any atom is -0.381 e. The van der Waals surface area contributed by atoms with Crippen LogP contribution in [0.25, 0.3) is 0 Å². The number of ether oxygens (including phenoxy) is 1. The van der Waals surface area contributed by atoms with Crippen molar-refractivity contribution < 1.29 is 17.4 Å². The van der Waals surface area contributed by atoms with Crippen LogP contribution in [0.3, 0.4) is 0 Å². The van der Waals surface area contributed by atoms with E-state index in [0.29, 0.717) is 23.3 Å². The Labute approximate surface area is 244 Å². The molecule has 0 N–H and O–H groups in total. The van der Waals surface area contributed by atoms with Gasteiger partial charge in [-0.1, -0.05) is 66.7 Å². The van der Waals surface area contributed by atoms with Crippen LogP contribution in [-0.2, 0) is 25.4 Å². The summed E-state index contributed by atoms with van der Waals surface area (Å²) in [6.07, 6.45) is 17.4. The van der Waals surface area contributed by atoms with E-state index in [1.165, 1.54) is 82.1 Å². The van der Waals surface area contributed by atoms with E-state index in [9.17, 15) is 12.6 Å². The third-order valence-corrected chi connectivity index (χ3v) is 13.0. The van der Waals surface area contributed by atoms with Gasteiger partial charge in [0.15, 0.2) is 9.84 Å². The molecular weight excluding hydrogens is 533 g/mol. The molecule has 0 amide bonds. The van der Waals surface area contributed by atoms with E-state index >= 15 is 0 Å². The minimum atomic E-state index is -2.63. The summed E-state index contributed by atoms with van der Waals surface area (Å²) < 4.78 is 37.7. The normalized spacial score (nSPS) is 33.2. The maximum atomic E-state index is 10.9. The first-order valence-corrected chi connectivity index (χ1v) is 20.2. The van der Waals surface area contributed by atoms with Gasteiger partial charge in [-0.05, 0) is 92.5 Å². The van der Waals surface area contributed by atoms with Crippen LogP contribution in [0.5, 0.6) is 0 Å². The van der Waals surface area contributed by atoms with E-state index in [0.717, 1.165) is 55.3 Å². The fraction of sp³-hybridized carbons (Fsp3) is 1.00. The fourth-order valence-corrected chi connectivity index (χ4v) is 9.81. The standard InChI is InChI=1S/C7H14.C6H12O2S.C6H12OS.C6H12O.C6H12S/c1-7-5-3-2-4-6-7;1-6-3-2-4-9(7,8)5-6;1-6-3-2-4-8(7)5-6;2*1-6-3-2-4-7-5-6/h7H,2-6H2,1H3;6H,2-5H2,1H3;6H,2-5H2,1H3;2*6H,2-5H2,1H3. The topological polar surface area (TPSA) is 60.4 Å². The quantitative estimate of drug-likeness (QED) is 0.283. The maximum Gasteiger partial charge on any atom is 0.150 e. The smallest absolute Gasteiger partial charge is 0.150 e. The molecule has 5 atom stereocenters. The molecule has 5 aliphatic rings. The van der Waals surface area contributed by atoms with Gasteiger partial charge in [0.2, 0.25) is 0 Å². The Morgan fingerprint density at radius 2 is 1.32 bits per heavy atom. The molecule has 4 saturated heterocycles. The fourth-order valence-electron chi connectivity index (χ4n) is 5.44. The van der Waals surface area contributed by atoms with Crippen molar-refractivity contribution in [3.63, 3.8) is 0 Å². The second-order valence-electron chi connectivity index (χ2n) is 12.8. The van der Waals surface area contributed by atoms with E-state index < -0.39 is 20.6 Å². The average molecular weight is 595 g/mol. The highest BCUT2D eigenvalue weighted by atomic mass is 32.2.